The number of likely N-dealkylation sites (tertiary alicyclic amines) is 1. The number of carbonyl (C=O) groups is 1. The quantitative estimate of drug-likeness (QED) is 0.854. The third kappa shape index (κ3) is 3.57. The Balaban J connectivity index is 1.73. The molecule has 1 fully saturated rings. The molecule has 0 spiro atoms. The number of amides is 1. The van der Waals surface area contributed by atoms with Gasteiger partial charge in [-0.3, -0.25) is 4.79 Å². The van der Waals surface area contributed by atoms with Gasteiger partial charge in [-0.05, 0) is 23.1 Å². The van der Waals surface area contributed by atoms with Gasteiger partial charge in [0.15, 0.2) is 0 Å². The van der Waals surface area contributed by atoms with E-state index in [1.807, 2.05) is 18.2 Å². The summed E-state index contributed by atoms with van der Waals surface area (Å²) in [7, 11) is 0. The summed E-state index contributed by atoms with van der Waals surface area (Å²) in [5.74, 6) is 0.313. The first-order valence-corrected chi connectivity index (χ1v) is 8.42. The Labute approximate surface area is 141 Å². The highest BCUT2D eigenvalue weighted by Gasteiger charge is 2.34. The van der Waals surface area contributed by atoms with Crippen molar-refractivity contribution in [1.29, 1.82) is 0 Å². The number of hydrogen-bond donors (Lipinski definition) is 1. The second-order valence-electron chi connectivity index (χ2n) is 5.90. The van der Waals surface area contributed by atoms with Crippen LogP contribution in [0.25, 0.3) is 11.1 Å². The van der Waals surface area contributed by atoms with Crippen molar-refractivity contribution >= 4 is 17.5 Å². The van der Waals surface area contributed by atoms with Gasteiger partial charge < -0.3 is 10.0 Å². The SMILES string of the molecule is O=C1CCC(O)N1C(CCl)Cc1ccc(-c2ccccc2)cc1. The summed E-state index contributed by atoms with van der Waals surface area (Å²) in [6, 6.07) is 18.3. The van der Waals surface area contributed by atoms with E-state index >= 15 is 0 Å². The predicted molar refractivity (Wildman–Crippen MR) is 92.2 cm³/mol. The van der Waals surface area contributed by atoms with E-state index < -0.39 is 6.23 Å². The Morgan fingerprint density at radius 1 is 1.09 bits per heavy atom. The minimum atomic E-state index is -0.699. The minimum absolute atomic E-state index is 0.0101. The van der Waals surface area contributed by atoms with E-state index in [4.69, 9.17) is 11.6 Å². The first-order valence-electron chi connectivity index (χ1n) is 7.88. The molecular formula is C19H20ClNO2. The molecule has 1 amide bonds. The van der Waals surface area contributed by atoms with Crippen molar-refractivity contribution in [3.8, 4) is 11.1 Å². The monoisotopic (exact) mass is 329 g/mol. The fourth-order valence-electron chi connectivity index (χ4n) is 3.10. The highest BCUT2D eigenvalue weighted by atomic mass is 35.5. The number of carbonyl (C=O) groups excluding carboxylic acids is 1. The Hall–Kier alpha value is -1.84. The summed E-state index contributed by atoms with van der Waals surface area (Å²) in [6.45, 7) is 0. The number of alkyl halides is 1. The van der Waals surface area contributed by atoms with Crippen LogP contribution in [-0.2, 0) is 11.2 Å². The average molecular weight is 330 g/mol. The molecule has 0 bridgehead atoms. The molecule has 0 radical (unpaired) electrons. The molecule has 1 N–H and O–H groups in total. The zero-order chi connectivity index (χ0) is 16.2. The number of aliphatic hydroxyl groups excluding tert-OH is 1. The smallest absolute Gasteiger partial charge is 0.225 e. The van der Waals surface area contributed by atoms with Crippen LogP contribution in [0.2, 0.25) is 0 Å². The van der Waals surface area contributed by atoms with Crippen LogP contribution in [0.1, 0.15) is 18.4 Å². The Morgan fingerprint density at radius 2 is 1.74 bits per heavy atom. The Kier molecular flexibility index (Phi) is 4.99. The van der Waals surface area contributed by atoms with Crippen molar-refractivity contribution < 1.29 is 9.90 Å². The van der Waals surface area contributed by atoms with E-state index in [1.54, 1.807) is 0 Å². The van der Waals surface area contributed by atoms with Crippen LogP contribution >= 0.6 is 11.6 Å². The number of halogens is 1. The fourth-order valence-corrected chi connectivity index (χ4v) is 3.35. The molecule has 2 atom stereocenters. The van der Waals surface area contributed by atoms with Crippen LogP contribution < -0.4 is 0 Å². The van der Waals surface area contributed by atoms with Crippen LogP contribution in [0.3, 0.4) is 0 Å². The summed E-state index contributed by atoms with van der Waals surface area (Å²) < 4.78 is 0. The molecule has 1 aliphatic rings. The van der Waals surface area contributed by atoms with Crippen molar-refractivity contribution in [3.05, 3.63) is 60.2 Å². The summed E-state index contributed by atoms with van der Waals surface area (Å²) >= 11 is 6.05. The minimum Gasteiger partial charge on any atom is -0.373 e. The van der Waals surface area contributed by atoms with Gasteiger partial charge in [-0.1, -0.05) is 54.6 Å². The molecule has 3 rings (SSSR count). The second-order valence-corrected chi connectivity index (χ2v) is 6.20. The average Bonchev–Trinajstić information content (AvgIpc) is 2.93. The normalized spacial score (nSPS) is 19.1. The van der Waals surface area contributed by atoms with Crippen LogP contribution in [0.5, 0.6) is 0 Å². The molecule has 23 heavy (non-hydrogen) atoms. The standard InChI is InChI=1S/C19H20ClNO2/c20-13-17(21-18(22)10-11-19(21)23)12-14-6-8-16(9-7-14)15-4-2-1-3-5-15/h1-9,17-18,22H,10-13H2. The first kappa shape index (κ1) is 16.0. The number of aliphatic hydroxyl groups is 1. The van der Waals surface area contributed by atoms with Gasteiger partial charge in [0.2, 0.25) is 5.91 Å². The van der Waals surface area contributed by atoms with Crippen molar-refractivity contribution in [2.24, 2.45) is 0 Å². The van der Waals surface area contributed by atoms with Crippen molar-refractivity contribution in [2.75, 3.05) is 5.88 Å². The molecule has 3 nitrogen and oxygen atoms in total. The highest BCUT2D eigenvalue weighted by molar-refractivity contribution is 6.18. The van der Waals surface area contributed by atoms with Crippen LogP contribution in [0.15, 0.2) is 54.6 Å². The molecule has 0 saturated carbocycles. The maximum atomic E-state index is 11.9. The number of nitrogens with zero attached hydrogens (tertiary/aromatic N) is 1. The molecule has 0 aromatic heterocycles. The lowest BCUT2D eigenvalue weighted by Gasteiger charge is -2.29. The molecule has 0 aliphatic carbocycles. The molecule has 1 heterocycles. The molecule has 4 heteroatoms. The lowest BCUT2D eigenvalue weighted by molar-refractivity contribution is -0.135. The Bertz CT molecular complexity index is 657. The number of hydrogen-bond acceptors (Lipinski definition) is 2. The molecule has 1 aliphatic heterocycles. The van der Waals surface area contributed by atoms with Crippen LogP contribution in [0, 0.1) is 0 Å². The van der Waals surface area contributed by atoms with Gasteiger partial charge in [0.25, 0.3) is 0 Å². The summed E-state index contributed by atoms with van der Waals surface area (Å²) in [4.78, 5) is 13.5. The van der Waals surface area contributed by atoms with Gasteiger partial charge in [0, 0.05) is 18.7 Å². The van der Waals surface area contributed by atoms with Gasteiger partial charge in [-0.25, -0.2) is 0 Å². The van der Waals surface area contributed by atoms with Crippen molar-refractivity contribution in [1.82, 2.24) is 4.90 Å². The number of rotatable bonds is 5. The zero-order valence-electron chi connectivity index (χ0n) is 12.9. The van der Waals surface area contributed by atoms with Gasteiger partial charge in [-0.15, -0.1) is 11.6 Å². The first-order chi connectivity index (χ1) is 11.2. The van der Waals surface area contributed by atoms with Crippen LogP contribution in [-0.4, -0.2) is 34.1 Å². The molecule has 120 valence electrons. The van der Waals surface area contributed by atoms with Crippen molar-refractivity contribution in [2.45, 2.75) is 31.5 Å². The molecule has 2 unspecified atom stereocenters. The largest absolute Gasteiger partial charge is 0.373 e. The maximum absolute atomic E-state index is 11.9. The van der Waals surface area contributed by atoms with E-state index in [-0.39, 0.29) is 11.9 Å². The maximum Gasteiger partial charge on any atom is 0.225 e. The fraction of sp³-hybridized carbons (Fsp3) is 0.316. The van der Waals surface area contributed by atoms with E-state index in [0.717, 1.165) is 11.1 Å². The van der Waals surface area contributed by atoms with Gasteiger partial charge in [0.1, 0.15) is 6.23 Å². The third-order valence-electron chi connectivity index (χ3n) is 4.33. The lowest BCUT2D eigenvalue weighted by atomic mass is 10.0. The van der Waals surface area contributed by atoms with Crippen molar-refractivity contribution in [3.63, 3.8) is 0 Å². The van der Waals surface area contributed by atoms with E-state index in [1.165, 1.54) is 10.5 Å². The second kappa shape index (κ2) is 7.16. The molecule has 1 saturated heterocycles. The van der Waals surface area contributed by atoms with Gasteiger partial charge in [-0.2, -0.15) is 0 Å². The Morgan fingerprint density at radius 3 is 2.30 bits per heavy atom. The van der Waals surface area contributed by atoms with Gasteiger partial charge in [0.05, 0.1) is 6.04 Å². The van der Waals surface area contributed by atoms with E-state index in [9.17, 15) is 9.90 Å². The zero-order valence-corrected chi connectivity index (χ0v) is 13.6. The highest BCUT2D eigenvalue weighted by Crippen LogP contribution is 2.24. The summed E-state index contributed by atoms with van der Waals surface area (Å²) in [6.07, 6.45) is 0.858. The van der Waals surface area contributed by atoms with Gasteiger partial charge >= 0.3 is 0 Å². The van der Waals surface area contributed by atoms with E-state index in [0.29, 0.717) is 25.1 Å². The molecule has 2 aromatic rings. The van der Waals surface area contributed by atoms with E-state index in [2.05, 4.69) is 36.4 Å². The summed E-state index contributed by atoms with van der Waals surface area (Å²) in [5, 5.41) is 9.98. The molecule has 2 aromatic carbocycles. The lowest BCUT2D eigenvalue weighted by Crippen LogP contribution is -2.44. The summed E-state index contributed by atoms with van der Waals surface area (Å²) in [5.41, 5.74) is 3.45. The predicted octanol–water partition coefficient (Wildman–Crippen LogP) is 3.44. The number of benzene rings is 2. The molecular weight excluding hydrogens is 310 g/mol. The third-order valence-corrected chi connectivity index (χ3v) is 4.69. The topological polar surface area (TPSA) is 40.5 Å². The van der Waals surface area contributed by atoms with Crippen LogP contribution in [0.4, 0.5) is 0 Å².